The molecule has 0 aliphatic heterocycles. The number of aliphatic hydroxyl groups excluding tert-OH is 1. The fourth-order valence-corrected chi connectivity index (χ4v) is 2.31. The molecular weight excluding hydrogens is 216 g/mol. The number of furan rings is 1. The van der Waals surface area contributed by atoms with Crippen LogP contribution in [0.3, 0.4) is 0 Å². The Labute approximate surface area is 100.0 Å². The van der Waals surface area contributed by atoms with Gasteiger partial charge < -0.3 is 14.3 Å². The quantitative estimate of drug-likeness (QED) is 0.881. The number of hydrogen-bond acceptors (Lipinski definition) is 3. The zero-order valence-electron chi connectivity index (χ0n) is 9.80. The van der Waals surface area contributed by atoms with Gasteiger partial charge in [0.2, 0.25) is 0 Å². The van der Waals surface area contributed by atoms with Crippen LogP contribution in [-0.4, -0.2) is 18.3 Å². The summed E-state index contributed by atoms with van der Waals surface area (Å²) >= 11 is 0. The molecule has 3 rings (SSSR count). The van der Waals surface area contributed by atoms with E-state index in [4.69, 9.17) is 9.15 Å². The third-order valence-corrected chi connectivity index (χ3v) is 3.41. The summed E-state index contributed by atoms with van der Waals surface area (Å²) in [6, 6.07) is 9.67. The molecule has 3 nitrogen and oxygen atoms in total. The van der Waals surface area contributed by atoms with Crippen molar-refractivity contribution in [2.24, 2.45) is 5.92 Å². The maximum Gasteiger partial charge on any atom is 0.138 e. The van der Waals surface area contributed by atoms with Crippen LogP contribution in [0.5, 0.6) is 0 Å². The fourth-order valence-electron chi connectivity index (χ4n) is 2.31. The number of para-hydroxylation sites is 1. The molecule has 1 aliphatic carbocycles. The average Bonchev–Trinajstić information content (AvgIpc) is 3.08. The van der Waals surface area contributed by atoms with Crippen molar-refractivity contribution < 1.29 is 14.3 Å². The largest absolute Gasteiger partial charge is 0.458 e. The van der Waals surface area contributed by atoms with Crippen LogP contribution in [0.4, 0.5) is 0 Å². The molecule has 1 N–H and O–H groups in total. The molecular formula is C14H16O3. The van der Waals surface area contributed by atoms with E-state index < -0.39 is 6.10 Å². The Bertz CT molecular complexity index is 480. The first-order valence-corrected chi connectivity index (χ1v) is 5.99. The van der Waals surface area contributed by atoms with Gasteiger partial charge in [-0.1, -0.05) is 18.2 Å². The van der Waals surface area contributed by atoms with E-state index in [1.165, 1.54) is 0 Å². The summed E-state index contributed by atoms with van der Waals surface area (Å²) in [7, 11) is 1.65. The minimum atomic E-state index is -0.667. The lowest BCUT2D eigenvalue weighted by Crippen LogP contribution is -2.22. The van der Waals surface area contributed by atoms with Crippen molar-refractivity contribution in [2.75, 3.05) is 7.11 Å². The molecule has 1 heterocycles. The molecule has 2 atom stereocenters. The van der Waals surface area contributed by atoms with Gasteiger partial charge in [0.1, 0.15) is 17.4 Å². The SMILES string of the molecule is COC(C1CC1)C(O)c1cc2ccccc2o1. The van der Waals surface area contributed by atoms with Gasteiger partial charge >= 0.3 is 0 Å². The molecule has 0 amide bonds. The van der Waals surface area contributed by atoms with E-state index in [1.807, 2.05) is 30.3 Å². The molecule has 1 aliphatic rings. The molecule has 0 radical (unpaired) electrons. The third kappa shape index (κ3) is 1.96. The molecule has 0 saturated heterocycles. The lowest BCUT2D eigenvalue weighted by atomic mass is 10.1. The highest BCUT2D eigenvalue weighted by molar-refractivity contribution is 5.77. The Balaban J connectivity index is 1.91. The Morgan fingerprint density at radius 2 is 2.12 bits per heavy atom. The first-order chi connectivity index (χ1) is 8.29. The first-order valence-electron chi connectivity index (χ1n) is 5.99. The molecule has 1 aromatic heterocycles. The molecule has 1 aromatic carbocycles. The highest BCUT2D eigenvalue weighted by atomic mass is 16.5. The molecule has 1 fully saturated rings. The molecule has 17 heavy (non-hydrogen) atoms. The summed E-state index contributed by atoms with van der Waals surface area (Å²) in [6.45, 7) is 0. The van der Waals surface area contributed by atoms with Gasteiger partial charge in [-0.3, -0.25) is 0 Å². The highest BCUT2D eigenvalue weighted by Crippen LogP contribution is 2.40. The monoisotopic (exact) mass is 232 g/mol. The summed E-state index contributed by atoms with van der Waals surface area (Å²) in [6.07, 6.45) is 1.46. The fraction of sp³-hybridized carbons (Fsp3) is 0.429. The predicted molar refractivity (Wildman–Crippen MR) is 64.7 cm³/mol. The van der Waals surface area contributed by atoms with E-state index in [2.05, 4.69) is 0 Å². The molecule has 2 aromatic rings. The van der Waals surface area contributed by atoms with E-state index in [1.54, 1.807) is 7.11 Å². The minimum absolute atomic E-state index is 0.143. The van der Waals surface area contributed by atoms with Gasteiger partial charge in [0.25, 0.3) is 0 Å². The van der Waals surface area contributed by atoms with E-state index in [-0.39, 0.29) is 6.10 Å². The maximum atomic E-state index is 10.3. The Morgan fingerprint density at radius 1 is 1.35 bits per heavy atom. The molecule has 0 bridgehead atoms. The van der Waals surface area contributed by atoms with Gasteiger partial charge in [0.15, 0.2) is 0 Å². The van der Waals surface area contributed by atoms with Crippen LogP contribution in [0.2, 0.25) is 0 Å². The van der Waals surface area contributed by atoms with Gasteiger partial charge in [-0.2, -0.15) is 0 Å². The molecule has 90 valence electrons. The summed E-state index contributed by atoms with van der Waals surface area (Å²) in [5.74, 6) is 1.08. The van der Waals surface area contributed by atoms with Crippen LogP contribution in [-0.2, 0) is 4.74 Å². The number of ether oxygens (including phenoxy) is 1. The Hall–Kier alpha value is -1.32. The van der Waals surface area contributed by atoms with E-state index in [0.29, 0.717) is 11.7 Å². The van der Waals surface area contributed by atoms with Crippen molar-refractivity contribution in [3.8, 4) is 0 Å². The van der Waals surface area contributed by atoms with Crippen LogP contribution in [0.15, 0.2) is 34.7 Å². The average molecular weight is 232 g/mol. The van der Waals surface area contributed by atoms with Crippen LogP contribution >= 0.6 is 0 Å². The van der Waals surface area contributed by atoms with Gasteiger partial charge in [-0.05, 0) is 30.9 Å². The van der Waals surface area contributed by atoms with Crippen LogP contribution < -0.4 is 0 Å². The van der Waals surface area contributed by atoms with Crippen molar-refractivity contribution in [1.29, 1.82) is 0 Å². The van der Waals surface area contributed by atoms with Crippen LogP contribution in [0.25, 0.3) is 11.0 Å². The summed E-state index contributed by atoms with van der Waals surface area (Å²) < 4.78 is 11.0. The Kier molecular flexibility index (Phi) is 2.65. The van der Waals surface area contributed by atoms with E-state index in [0.717, 1.165) is 23.8 Å². The normalized spacial score (nSPS) is 19.4. The number of hydrogen-bond donors (Lipinski definition) is 1. The third-order valence-electron chi connectivity index (χ3n) is 3.41. The van der Waals surface area contributed by atoms with Gasteiger partial charge in [-0.25, -0.2) is 0 Å². The zero-order valence-corrected chi connectivity index (χ0v) is 9.80. The molecule has 2 unspecified atom stereocenters. The summed E-state index contributed by atoms with van der Waals surface area (Å²) in [5.41, 5.74) is 0.812. The highest BCUT2D eigenvalue weighted by Gasteiger charge is 2.38. The maximum absolute atomic E-state index is 10.3. The minimum Gasteiger partial charge on any atom is -0.458 e. The second-order valence-electron chi connectivity index (χ2n) is 4.67. The molecule has 3 heteroatoms. The van der Waals surface area contributed by atoms with Crippen molar-refractivity contribution in [2.45, 2.75) is 25.0 Å². The zero-order chi connectivity index (χ0) is 11.8. The second kappa shape index (κ2) is 4.17. The van der Waals surface area contributed by atoms with Crippen molar-refractivity contribution in [1.82, 2.24) is 0 Å². The molecule has 1 saturated carbocycles. The number of rotatable bonds is 4. The first kappa shape index (κ1) is 10.8. The van der Waals surface area contributed by atoms with Crippen molar-refractivity contribution in [3.05, 3.63) is 36.1 Å². The van der Waals surface area contributed by atoms with E-state index >= 15 is 0 Å². The van der Waals surface area contributed by atoms with Crippen LogP contribution in [0, 0.1) is 5.92 Å². The number of benzene rings is 1. The number of methoxy groups -OCH3 is 1. The second-order valence-corrected chi connectivity index (χ2v) is 4.67. The van der Waals surface area contributed by atoms with Gasteiger partial charge in [-0.15, -0.1) is 0 Å². The lowest BCUT2D eigenvalue weighted by molar-refractivity contribution is -0.0348. The van der Waals surface area contributed by atoms with E-state index in [9.17, 15) is 5.11 Å². The smallest absolute Gasteiger partial charge is 0.138 e. The van der Waals surface area contributed by atoms with Gasteiger partial charge in [0, 0.05) is 12.5 Å². The van der Waals surface area contributed by atoms with Crippen LogP contribution in [0.1, 0.15) is 24.7 Å². The molecule has 0 spiro atoms. The summed E-state index contributed by atoms with van der Waals surface area (Å²) in [4.78, 5) is 0. The van der Waals surface area contributed by atoms with Crippen molar-refractivity contribution >= 4 is 11.0 Å². The predicted octanol–water partition coefficient (Wildman–Crippen LogP) is 2.89. The summed E-state index contributed by atoms with van der Waals surface area (Å²) in [5, 5.41) is 11.3. The number of aliphatic hydroxyl groups is 1. The standard InChI is InChI=1S/C14H16O3/c1-16-14(9-6-7-9)13(15)12-8-10-4-2-3-5-11(10)17-12/h2-5,8-9,13-15H,6-7H2,1H3. The topological polar surface area (TPSA) is 42.6 Å². The van der Waals surface area contributed by atoms with Gasteiger partial charge in [0.05, 0.1) is 6.10 Å². The number of fused-ring (bicyclic) bond motifs is 1. The Morgan fingerprint density at radius 3 is 2.76 bits per heavy atom. The lowest BCUT2D eigenvalue weighted by Gasteiger charge is -2.19. The van der Waals surface area contributed by atoms with Crippen molar-refractivity contribution in [3.63, 3.8) is 0 Å².